The minimum Gasteiger partial charge on any atom is -0.493 e. The fourth-order valence-electron chi connectivity index (χ4n) is 1.84. The normalized spacial score (nSPS) is 14.6. The number of ether oxygens (including phenoxy) is 2. The number of fused-ring (bicyclic) bond motifs is 1. The largest absolute Gasteiger partial charge is 0.493 e. The summed E-state index contributed by atoms with van der Waals surface area (Å²) in [7, 11) is 4.50. The van der Waals surface area contributed by atoms with Gasteiger partial charge >= 0.3 is 0 Å². The topological polar surface area (TPSA) is 55.8 Å². The number of carbonyl (C=O) groups excluding carboxylic acids is 2. The fraction of sp³-hybridized carbons (Fsp3) is 0.333. The molecule has 5 heteroatoms. The van der Waals surface area contributed by atoms with E-state index in [1.807, 2.05) is 0 Å². The van der Waals surface area contributed by atoms with E-state index in [4.69, 9.17) is 9.47 Å². The Hall–Kier alpha value is -2.04. The van der Waals surface area contributed by atoms with E-state index in [0.717, 1.165) is 4.90 Å². The van der Waals surface area contributed by atoms with Crippen LogP contribution in [0.1, 0.15) is 15.9 Å². The third-order valence-electron chi connectivity index (χ3n) is 2.86. The molecule has 2 rings (SSSR count). The van der Waals surface area contributed by atoms with E-state index >= 15 is 0 Å². The van der Waals surface area contributed by atoms with Crippen molar-refractivity contribution in [2.24, 2.45) is 0 Å². The summed E-state index contributed by atoms with van der Waals surface area (Å²) in [5.41, 5.74) is 1.17. The second-order valence-electron chi connectivity index (χ2n) is 3.80. The fourth-order valence-corrected chi connectivity index (χ4v) is 1.84. The van der Waals surface area contributed by atoms with Gasteiger partial charge in [0.15, 0.2) is 11.5 Å². The molecule has 0 aliphatic carbocycles. The van der Waals surface area contributed by atoms with Crippen molar-refractivity contribution in [3.05, 3.63) is 23.3 Å². The molecular formula is C12H13NO4. The molecular weight excluding hydrogens is 222 g/mol. The van der Waals surface area contributed by atoms with E-state index in [1.54, 1.807) is 12.1 Å². The summed E-state index contributed by atoms with van der Waals surface area (Å²) in [4.78, 5) is 24.6. The van der Waals surface area contributed by atoms with E-state index in [9.17, 15) is 9.59 Å². The lowest BCUT2D eigenvalue weighted by atomic mass is 9.98. The van der Waals surface area contributed by atoms with Crippen LogP contribution < -0.4 is 9.47 Å². The van der Waals surface area contributed by atoms with Gasteiger partial charge in [-0.3, -0.25) is 14.5 Å². The Bertz CT molecular complexity index is 496. The van der Waals surface area contributed by atoms with Gasteiger partial charge in [-0.05, 0) is 17.7 Å². The maximum Gasteiger partial charge on any atom is 0.260 e. The number of imide groups is 1. The average Bonchev–Trinajstić information content (AvgIpc) is 2.34. The molecule has 1 heterocycles. The number of likely N-dealkylation sites (N-methyl/N-ethyl adjacent to an activating group) is 1. The first kappa shape index (κ1) is 11.4. The summed E-state index contributed by atoms with van der Waals surface area (Å²) in [6.07, 6.45) is 0.206. The van der Waals surface area contributed by atoms with Gasteiger partial charge in [-0.15, -0.1) is 0 Å². The van der Waals surface area contributed by atoms with Crippen molar-refractivity contribution >= 4 is 11.8 Å². The number of hydrogen-bond donors (Lipinski definition) is 0. The van der Waals surface area contributed by atoms with Crippen molar-refractivity contribution in [2.75, 3.05) is 21.3 Å². The average molecular weight is 235 g/mol. The zero-order chi connectivity index (χ0) is 12.6. The van der Waals surface area contributed by atoms with Gasteiger partial charge in [-0.1, -0.05) is 0 Å². The highest BCUT2D eigenvalue weighted by molar-refractivity contribution is 6.09. The van der Waals surface area contributed by atoms with Gasteiger partial charge in [-0.25, -0.2) is 0 Å². The number of amides is 2. The zero-order valence-electron chi connectivity index (χ0n) is 9.94. The lowest BCUT2D eigenvalue weighted by molar-refractivity contribution is -0.127. The molecule has 0 fully saturated rings. The summed E-state index contributed by atoms with van der Waals surface area (Å²) in [5.74, 6) is 0.491. The Labute approximate surface area is 98.9 Å². The van der Waals surface area contributed by atoms with Crippen LogP contribution in [-0.2, 0) is 11.2 Å². The van der Waals surface area contributed by atoms with Crippen molar-refractivity contribution < 1.29 is 19.1 Å². The molecule has 0 N–H and O–H groups in total. The van der Waals surface area contributed by atoms with E-state index in [0.29, 0.717) is 22.6 Å². The van der Waals surface area contributed by atoms with Gasteiger partial charge in [-0.2, -0.15) is 0 Å². The van der Waals surface area contributed by atoms with Crippen LogP contribution in [0, 0.1) is 0 Å². The highest BCUT2D eigenvalue weighted by Gasteiger charge is 2.29. The molecule has 2 amide bonds. The molecule has 0 saturated heterocycles. The smallest absolute Gasteiger partial charge is 0.260 e. The minimum atomic E-state index is -0.308. The highest BCUT2D eigenvalue weighted by Crippen LogP contribution is 2.33. The molecule has 1 aliphatic rings. The van der Waals surface area contributed by atoms with Gasteiger partial charge in [0.2, 0.25) is 5.91 Å². The molecule has 0 radical (unpaired) electrons. The predicted molar refractivity (Wildman–Crippen MR) is 60.4 cm³/mol. The molecule has 0 unspecified atom stereocenters. The van der Waals surface area contributed by atoms with Crippen molar-refractivity contribution in [3.63, 3.8) is 0 Å². The van der Waals surface area contributed by atoms with E-state index in [1.165, 1.54) is 21.3 Å². The summed E-state index contributed by atoms with van der Waals surface area (Å²) < 4.78 is 10.3. The monoisotopic (exact) mass is 235 g/mol. The molecule has 90 valence electrons. The number of rotatable bonds is 2. The van der Waals surface area contributed by atoms with Crippen LogP contribution in [0.2, 0.25) is 0 Å². The van der Waals surface area contributed by atoms with Crippen LogP contribution in [0.15, 0.2) is 12.1 Å². The molecule has 1 aromatic carbocycles. The Kier molecular flexibility index (Phi) is 2.75. The van der Waals surface area contributed by atoms with E-state index in [2.05, 4.69) is 0 Å². The molecule has 17 heavy (non-hydrogen) atoms. The summed E-state index contributed by atoms with van der Waals surface area (Å²) in [5, 5.41) is 0. The third-order valence-corrected chi connectivity index (χ3v) is 2.86. The number of carbonyl (C=O) groups is 2. The summed E-state index contributed by atoms with van der Waals surface area (Å²) in [6, 6.07) is 3.29. The van der Waals surface area contributed by atoms with Gasteiger partial charge in [0.1, 0.15) is 0 Å². The van der Waals surface area contributed by atoms with Crippen LogP contribution >= 0.6 is 0 Å². The van der Waals surface area contributed by atoms with Crippen molar-refractivity contribution in [1.29, 1.82) is 0 Å². The van der Waals surface area contributed by atoms with Crippen LogP contribution in [0.25, 0.3) is 0 Å². The van der Waals surface area contributed by atoms with Gasteiger partial charge in [0.25, 0.3) is 5.91 Å². The van der Waals surface area contributed by atoms with Crippen LogP contribution in [0.4, 0.5) is 0 Å². The lowest BCUT2D eigenvalue weighted by Gasteiger charge is -2.24. The Morgan fingerprint density at radius 3 is 2.29 bits per heavy atom. The molecule has 0 atom stereocenters. The Balaban J connectivity index is 2.57. The summed E-state index contributed by atoms with van der Waals surface area (Å²) >= 11 is 0. The van der Waals surface area contributed by atoms with Crippen molar-refractivity contribution in [1.82, 2.24) is 4.90 Å². The summed E-state index contributed by atoms with van der Waals surface area (Å²) in [6.45, 7) is 0. The first-order valence-corrected chi connectivity index (χ1v) is 5.14. The van der Waals surface area contributed by atoms with Crippen LogP contribution in [0.5, 0.6) is 11.5 Å². The quantitative estimate of drug-likeness (QED) is 0.713. The maximum atomic E-state index is 11.9. The highest BCUT2D eigenvalue weighted by atomic mass is 16.5. The molecule has 0 saturated carbocycles. The minimum absolute atomic E-state index is 0.206. The van der Waals surface area contributed by atoms with E-state index in [-0.39, 0.29) is 18.2 Å². The van der Waals surface area contributed by atoms with Gasteiger partial charge in [0.05, 0.1) is 20.6 Å². The second kappa shape index (κ2) is 4.08. The Morgan fingerprint density at radius 2 is 1.71 bits per heavy atom. The molecule has 0 spiro atoms. The number of hydrogen-bond acceptors (Lipinski definition) is 4. The second-order valence-corrected chi connectivity index (χ2v) is 3.80. The molecule has 1 aromatic rings. The standard InChI is InChI=1S/C12H13NO4/c1-13-11(14)5-7-4-9(16-2)10(17-3)6-8(7)12(13)15/h4,6H,5H2,1-3H3. The van der Waals surface area contributed by atoms with Gasteiger partial charge < -0.3 is 9.47 Å². The molecule has 1 aliphatic heterocycles. The van der Waals surface area contributed by atoms with Gasteiger partial charge in [0, 0.05) is 12.6 Å². The first-order valence-electron chi connectivity index (χ1n) is 5.14. The Morgan fingerprint density at radius 1 is 1.12 bits per heavy atom. The van der Waals surface area contributed by atoms with Crippen molar-refractivity contribution in [3.8, 4) is 11.5 Å². The van der Waals surface area contributed by atoms with Crippen molar-refractivity contribution in [2.45, 2.75) is 6.42 Å². The lowest BCUT2D eigenvalue weighted by Crippen LogP contribution is -2.39. The zero-order valence-corrected chi connectivity index (χ0v) is 9.94. The van der Waals surface area contributed by atoms with E-state index < -0.39 is 0 Å². The van der Waals surface area contributed by atoms with Crippen LogP contribution in [-0.4, -0.2) is 38.0 Å². The predicted octanol–water partition coefficient (Wildman–Crippen LogP) is 0.858. The van der Waals surface area contributed by atoms with Crippen LogP contribution in [0.3, 0.4) is 0 Å². The molecule has 0 aromatic heterocycles. The molecule has 0 bridgehead atoms. The number of methoxy groups -OCH3 is 2. The maximum absolute atomic E-state index is 11.9. The third kappa shape index (κ3) is 1.73. The number of benzene rings is 1. The SMILES string of the molecule is COc1cc2c(cc1OC)C(=O)N(C)C(=O)C2. The molecule has 5 nitrogen and oxygen atoms in total. The first-order chi connectivity index (χ1) is 8.08. The number of nitrogens with zero attached hydrogens (tertiary/aromatic N) is 1.